The molecule has 1 aliphatic rings. The molecule has 0 saturated carbocycles. The predicted octanol–water partition coefficient (Wildman–Crippen LogP) is 6.09. The van der Waals surface area contributed by atoms with Crippen molar-refractivity contribution in [2.24, 2.45) is 0 Å². The number of nitrogens with zero attached hydrogens (tertiary/aromatic N) is 2. The first-order chi connectivity index (χ1) is 16.4. The van der Waals surface area contributed by atoms with E-state index in [2.05, 4.69) is 21.2 Å². The van der Waals surface area contributed by atoms with Crippen molar-refractivity contribution in [3.05, 3.63) is 97.3 Å². The second-order valence-corrected chi connectivity index (χ2v) is 10.2. The van der Waals surface area contributed by atoms with Crippen LogP contribution in [0, 0.1) is 11.3 Å². The number of hydrogen-bond acceptors (Lipinski definition) is 5. The largest absolute Gasteiger partial charge is 0.467 e. The summed E-state index contributed by atoms with van der Waals surface area (Å²) in [6, 6.07) is 17.7. The van der Waals surface area contributed by atoms with Crippen LogP contribution in [0.1, 0.15) is 11.3 Å². The monoisotopic (exact) mass is 575 g/mol. The van der Waals surface area contributed by atoms with E-state index in [0.717, 1.165) is 10.0 Å². The topological polar surface area (TPSA) is 86.3 Å². The Bertz CT molecular complexity index is 1300. The number of rotatable bonds is 6. The number of anilines is 1. The summed E-state index contributed by atoms with van der Waals surface area (Å²) in [4.78, 5) is 27.8. The molecule has 1 aliphatic heterocycles. The van der Waals surface area contributed by atoms with Crippen molar-refractivity contribution in [2.45, 2.75) is 18.2 Å². The van der Waals surface area contributed by atoms with Crippen LogP contribution in [0.2, 0.25) is 10.0 Å². The van der Waals surface area contributed by atoms with Crippen LogP contribution in [0.5, 0.6) is 0 Å². The zero-order valence-corrected chi connectivity index (χ0v) is 21.3. The molecule has 34 heavy (non-hydrogen) atoms. The van der Waals surface area contributed by atoms with E-state index in [1.807, 2.05) is 6.07 Å². The maximum atomic E-state index is 13.5. The molecule has 1 unspecified atom stereocenters. The predicted molar refractivity (Wildman–Crippen MR) is 136 cm³/mol. The first kappa shape index (κ1) is 24.4. The molecule has 2 amide bonds. The molecule has 1 aromatic heterocycles. The summed E-state index contributed by atoms with van der Waals surface area (Å²) in [7, 11) is 0. The molecular weight excluding hydrogens is 561 g/mol. The number of thioether (sulfide) groups is 1. The van der Waals surface area contributed by atoms with Gasteiger partial charge in [-0.15, -0.1) is 0 Å². The van der Waals surface area contributed by atoms with Crippen molar-refractivity contribution in [3.8, 4) is 6.07 Å². The number of amides is 2. The fourth-order valence-electron chi connectivity index (χ4n) is 3.36. The minimum atomic E-state index is -0.591. The Labute approximate surface area is 218 Å². The fraction of sp³-hybridized carbons (Fsp3) is 0.125. The van der Waals surface area contributed by atoms with E-state index in [1.165, 1.54) is 22.9 Å². The van der Waals surface area contributed by atoms with Crippen LogP contribution in [0.4, 0.5) is 5.69 Å². The molecule has 0 bridgehead atoms. The molecule has 3 aromatic rings. The first-order valence-corrected chi connectivity index (χ1v) is 12.5. The molecule has 2 aromatic carbocycles. The Morgan fingerprint density at radius 2 is 1.94 bits per heavy atom. The van der Waals surface area contributed by atoms with Crippen LogP contribution in [0.25, 0.3) is 0 Å². The molecule has 4 rings (SSSR count). The lowest BCUT2D eigenvalue weighted by Gasteiger charge is -2.18. The molecular formula is C24H16BrCl2N3O3S. The summed E-state index contributed by atoms with van der Waals surface area (Å²) < 4.78 is 6.07. The van der Waals surface area contributed by atoms with Gasteiger partial charge in [-0.1, -0.05) is 57.0 Å². The highest BCUT2D eigenvalue weighted by molar-refractivity contribution is 9.10. The van der Waals surface area contributed by atoms with Gasteiger partial charge in [0.25, 0.3) is 5.91 Å². The number of nitriles is 1. The first-order valence-electron chi connectivity index (χ1n) is 10.0. The number of furan rings is 1. The second kappa shape index (κ2) is 10.7. The summed E-state index contributed by atoms with van der Waals surface area (Å²) in [6.45, 7) is 0.119. The Kier molecular flexibility index (Phi) is 7.69. The van der Waals surface area contributed by atoms with Gasteiger partial charge < -0.3 is 9.73 Å². The highest BCUT2D eigenvalue weighted by Crippen LogP contribution is 2.42. The van der Waals surface area contributed by atoms with E-state index >= 15 is 0 Å². The Hall–Kier alpha value is -2.70. The van der Waals surface area contributed by atoms with Gasteiger partial charge in [0.1, 0.15) is 22.4 Å². The van der Waals surface area contributed by atoms with Crippen LogP contribution in [-0.2, 0) is 22.6 Å². The van der Waals surface area contributed by atoms with Crippen LogP contribution < -0.4 is 10.2 Å². The zero-order valence-electron chi connectivity index (χ0n) is 17.4. The maximum Gasteiger partial charge on any atom is 0.265 e. The maximum absolute atomic E-state index is 13.5. The van der Waals surface area contributed by atoms with Crippen molar-refractivity contribution in [3.63, 3.8) is 0 Å². The number of carbonyl (C=O) groups excluding carboxylic acids is 2. The van der Waals surface area contributed by atoms with Gasteiger partial charge in [0.05, 0.1) is 28.1 Å². The SMILES string of the molecule is N#C/C(C(=O)NCc1ccco1)=C1/SC(Cc2ccc(Cl)c(Cl)c2)C(=O)N1c1ccc(Br)cc1. The van der Waals surface area contributed by atoms with Crippen molar-refractivity contribution in [1.82, 2.24) is 5.32 Å². The van der Waals surface area contributed by atoms with Gasteiger partial charge in [-0.2, -0.15) is 5.26 Å². The van der Waals surface area contributed by atoms with Crippen molar-refractivity contribution >= 4 is 68.4 Å². The molecule has 1 N–H and O–H groups in total. The summed E-state index contributed by atoms with van der Waals surface area (Å²) in [5.74, 6) is -0.278. The van der Waals surface area contributed by atoms with Gasteiger partial charge in [-0.3, -0.25) is 14.5 Å². The molecule has 0 radical (unpaired) electrons. The second-order valence-electron chi connectivity index (χ2n) is 7.26. The molecule has 2 heterocycles. The number of benzene rings is 2. The smallest absolute Gasteiger partial charge is 0.265 e. The lowest BCUT2D eigenvalue weighted by Crippen LogP contribution is -2.32. The molecule has 0 aliphatic carbocycles. The van der Waals surface area contributed by atoms with Gasteiger partial charge in [-0.25, -0.2) is 0 Å². The van der Waals surface area contributed by atoms with Gasteiger partial charge in [-0.05, 0) is 60.5 Å². The van der Waals surface area contributed by atoms with Crippen LogP contribution in [0.15, 0.2) is 80.4 Å². The van der Waals surface area contributed by atoms with E-state index in [-0.39, 0.29) is 23.1 Å². The lowest BCUT2D eigenvalue weighted by molar-refractivity contribution is -0.117. The lowest BCUT2D eigenvalue weighted by atomic mass is 10.1. The van der Waals surface area contributed by atoms with Crippen LogP contribution in [0.3, 0.4) is 0 Å². The molecule has 1 fully saturated rings. The van der Waals surface area contributed by atoms with E-state index in [0.29, 0.717) is 27.9 Å². The summed E-state index contributed by atoms with van der Waals surface area (Å²) in [5.41, 5.74) is 1.22. The average molecular weight is 577 g/mol. The number of carbonyl (C=O) groups is 2. The third-order valence-electron chi connectivity index (χ3n) is 5.00. The molecule has 172 valence electrons. The van der Waals surface area contributed by atoms with E-state index in [1.54, 1.807) is 54.6 Å². The Balaban J connectivity index is 1.68. The van der Waals surface area contributed by atoms with Gasteiger partial charge in [0.2, 0.25) is 5.91 Å². The van der Waals surface area contributed by atoms with Crippen molar-refractivity contribution in [2.75, 3.05) is 4.90 Å². The van der Waals surface area contributed by atoms with Crippen LogP contribution in [-0.4, -0.2) is 17.1 Å². The average Bonchev–Trinajstić information content (AvgIpc) is 3.45. The fourth-order valence-corrected chi connectivity index (χ4v) is 5.26. The third kappa shape index (κ3) is 5.34. The van der Waals surface area contributed by atoms with Gasteiger partial charge in [0.15, 0.2) is 0 Å². The number of nitrogens with one attached hydrogen (secondary N) is 1. The highest BCUT2D eigenvalue weighted by atomic mass is 79.9. The van der Waals surface area contributed by atoms with Gasteiger partial charge >= 0.3 is 0 Å². The zero-order chi connectivity index (χ0) is 24.2. The van der Waals surface area contributed by atoms with Crippen molar-refractivity contribution < 1.29 is 14.0 Å². The Morgan fingerprint density at radius 1 is 1.18 bits per heavy atom. The summed E-state index contributed by atoms with van der Waals surface area (Å²) >= 11 is 16.7. The van der Waals surface area contributed by atoms with E-state index in [4.69, 9.17) is 27.6 Å². The third-order valence-corrected chi connectivity index (χ3v) is 7.53. The summed E-state index contributed by atoms with van der Waals surface area (Å²) in [6.07, 6.45) is 1.85. The number of halogens is 3. The number of hydrogen-bond donors (Lipinski definition) is 1. The van der Waals surface area contributed by atoms with Crippen molar-refractivity contribution in [1.29, 1.82) is 5.26 Å². The Morgan fingerprint density at radius 3 is 2.59 bits per heavy atom. The molecule has 1 atom stereocenters. The van der Waals surface area contributed by atoms with E-state index < -0.39 is 11.2 Å². The standard InChI is InChI=1S/C24H16BrCl2N3O3S/c25-15-4-6-16(7-5-15)30-23(32)21(11-14-3-8-19(26)20(27)10-14)34-24(30)18(12-28)22(31)29-13-17-2-1-9-33-17/h1-10,21H,11,13H2,(H,29,31)/b24-18-. The minimum Gasteiger partial charge on any atom is -0.467 e. The highest BCUT2D eigenvalue weighted by Gasteiger charge is 2.40. The normalized spacial score (nSPS) is 16.9. The molecule has 10 heteroatoms. The van der Waals surface area contributed by atoms with Gasteiger partial charge in [0, 0.05) is 10.2 Å². The molecule has 1 saturated heterocycles. The minimum absolute atomic E-state index is 0.119. The molecule has 6 nitrogen and oxygen atoms in total. The van der Waals surface area contributed by atoms with E-state index in [9.17, 15) is 14.9 Å². The van der Waals surface area contributed by atoms with Crippen LogP contribution >= 0.6 is 50.9 Å². The molecule has 0 spiro atoms. The quantitative estimate of drug-likeness (QED) is 0.283. The summed E-state index contributed by atoms with van der Waals surface area (Å²) in [5, 5.41) is 13.1.